The maximum atomic E-state index is 13.0. The van der Waals surface area contributed by atoms with Crippen molar-refractivity contribution in [2.75, 3.05) is 0 Å². The number of nitrogens with zero attached hydrogens (tertiary/aromatic N) is 2. The third-order valence-corrected chi connectivity index (χ3v) is 3.70. The fraction of sp³-hybridized carbons (Fsp3) is 0.167. The minimum Gasteiger partial charge on any atom is -0.241 e. The van der Waals surface area contributed by atoms with Gasteiger partial charge in [-0.3, -0.25) is 0 Å². The van der Waals surface area contributed by atoms with Crippen LogP contribution in [-0.4, -0.2) is 16.0 Å². The first kappa shape index (κ1) is 15.3. The Labute approximate surface area is 132 Å². The van der Waals surface area contributed by atoms with Gasteiger partial charge in [0.2, 0.25) is 0 Å². The van der Waals surface area contributed by atoms with Crippen LogP contribution >= 0.6 is 0 Å². The molecule has 2 aromatic carbocycles. The van der Waals surface area contributed by atoms with Crippen LogP contribution in [0.5, 0.6) is 0 Å². The molecule has 3 rings (SSSR count). The normalized spacial score (nSPS) is 13.0. The summed E-state index contributed by atoms with van der Waals surface area (Å²) in [5.41, 5.74) is 2.12. The lowest BCUT2D eigenvalue weighted by Crippen LogP contribution is -2.15. The summed E-state index contributed by atoms with van der Waals surface area (Å²) in [7, 11) is 0. The summed E-state index contributed by atoms with van der Waals surface area (Å²) in [6, 6.07) is 17.6. The molecule has 0 bridgehead atoms. The second-order valence-corrected chi connectivity index (χ2v) is 5.32. The van der Waals surface area contributed by atoms with Crippen LogP contribution in [-0.2, 0) is 0 Å². The van der Waals surface area contributed by atoms with Gasteiger partial charge in [0.05, 0.1) is 12.1 Å². The van der Waals surface area contributed by atoms with Gasteiger partial charge in [0.15, 0.2) is 0 Å². The lowest BCUT2D eigenvalue weighted by atomic mass is 9.88. The van der Waals surface area contributed by atoms with Crippen molar-refractivity contribution in [2.24, 2.45) is 0 Å². The third-order valence-electron chi connectivity index (χ3n) is 3.70. The highest BCUT2D eigenvalue weighted by atomic mass is 19.4. The predicted molar refractivity (Wildman–Crippen MR) is 82.5 cm³/mol. The fourth-order valence-corrected chi connectivity index (χ4v) is 2.63. The van der Waals surface area contributed by atoms with Crippen molar-refractivity contribution in [1.29, 1.82) is 0 Å². The van der Waals surface area contributed by atoms with Crippen LogP contribution in [0.4, 0.5) is 13.2 Å². The van der Waals surface area contributed by atoms with E-state index in [4.69, 9.17) is 0 Å². The Bertz CT molecular complexity index is 732. The Balaban J connectivity index is 1.93. The van der Waals surface area contributed by atoms with E-state index in [2.05, 4.69) is 5.10 Å². The molecule has 1 atom stereocenters. The second kappa shape index (κ2) is 6.28. The first-order valence-electron chi connectivity index (χ1n) is 7.24. The van der Waals surface area contributed by atoms with E-state index in [1.807, 2.05) is 0 Å². The van der Waals surface area contributed by atoms with E-state index < -0.39 is 18.5 Å². The summed E-state index contributed by atoms with van der Waals surface area (Å²) in [5.74, 6) is -0.706. The van der Waals surface area contributed by atoms with E-state index in [-0.39, 0.29) is 0 Å². The van der Waals surface area contributed by atoms with Gasteiger partial charge >= 0.3 is 6.18 Å². The molecule has 0 saturated heterocycles. The molecule has 1 heterocycles. The van der Waals surface area contributed by atoms with Crippen LogP contribution in [0.2, 0.25) is 0 Å². The molecule has 5 heteroatoms. The molecule has 0 N–H and O–H groups in total. The van der Waals surface area contributed by atoms with Crippen LogP contribution in [0.25, 0.3) is 5.69 Å². The number of alkyl halides is 3. The Morgan fingerprint density at radius 3 is 2.09 bits per heavy atom. The predicted octanol–water partition coefficient (Wildman–Crippen LogP) is 4.96. The number of hydrogen-bond donors (Lipinski definition) is 0. The molecule has 0 saturated carbocycles. The molecule has 0 amide bonds. The van der Waals surface area contributed by atoms with E-state index in [1.54, 1.807) is 77.7 Å². The molecule has 2 nitrogen and oxygen atoms in total. The molecular weight excluding hydrogens is 301 g/mol. The molecule has 118 valence electrons. The highest BCUT2D eigenvalue weighted by molar-refractivity contribution is 5.39. The Morgan fingerprint density at radius 2 is 1.52 bits per heavy atom. The monoisotopic (exact) mass is 316 g/mol. The SMILES string of the molecule is FC(F)(F)CC(c1ccccc1)c1ccc(-n2cccn2)cc1. The van der Waals surface area contributed by atoms with Gasteiger partial charge in [-0.2, -0.15) is 18.3 Å². The molecular formula is C18H15F3N2. The Morgan fingerprint density at radius 1 is 0.870 bits per heavy atom. The number of benzene rings is 2. The smallest absolute Gasteiger partial charge is 0.241 e. The van der Waals surface area contributed by atoms with Crippen LogP contribution in [0, 0.1) is 0 Å². The lowest BCUT2D eigenvalue weighted by Gasteiger charge is -2.20. The lowest BCUT2D eigenvalue weighted by molar-refractivity contribution is -0.136. The molecule has 1 unspecified atom stereocenters. The van der Waals surface area contributed by atoms with Crippen LogP contribution < -0.4 is 0 Å². The first-order chi connectivity index (χ1) is 11.0. The molecule has 0 aliphatic rings. The minimum absolute atomic E-state index is 0.643. The van der Waals surface area contributed by atoms with Gasteiger partial charge in [-0.1, -0.05) is 42.5 Å². The molecule has 0 aliphatic heterocycles. The molecule has 3 aromatic rings. The van der Waals surface area contributed by atoms with E-state index in [0.717, 1.165) is 5.69 Å². The van der Waals surface area contributed by atoms with Gasteiger partial charge in [-0.05, 0) is 29.3 Å². The van der Waals surface area contributed by atoms with Crippen LogP contribution in [0.1, 0.15) is 23.5 Å². The van der Waals surface area contributed by atoms with Crippen molar-refractivity contribution >= 4 is 0 Å². The second-order valence-electron chi connectivity index (χ2n) is 5.32. The quantitative estimate of drug-likeness (QED) is 0.665. The van der Waals surface area contributed by atoms with Crippen molar-refractivity contribution in [3.8, 4) is 5.69 Å². The van der Waals surface area contributed by atoms with Crippen molar-refractivity contribution in [3.05, 3.63) is 84.2 Å². The zero-order valence-corrected chi connectivity index (χ0v) is 12.2. The van der Waals surface area contributed by atoms with Gasteiger partial charge in [0.25, 0.3) is 0 Å². The summed E-state index contributed by atoms with van der Waals surface area (Å²) in [5, 5.41) is 4.12. The number of aromatic nitrogens is 2. The summed E-state index contributed by atoms with van der Waals surface area (Å²) in [6.45, 7) is 0. The van der Waals surface area contributed by atoms with Crippen molar-refractivity contribution < 1.29 is 13.2 Å². The molecule has 23 heavy (non-hydrogen) atoms. The highest BCUT2D eigenvalue weighted by Crippen LogP contribution is 2.36. The van der Waals surface area contributed by atoms with E-state index >= 15 is 0 Å². The minimum atomic E-state index is -4.22. The molecule has 0 aliphatic carbocycles. The summed E-state index contributed by atoms with van der Waals surface area (Å²) < 4.78 is 40.6. The van der Waals surface area contributed by atoms with Gasteiger partial charge in [0, 0.05) is 18.3 Å². The van der Waals surface area contributed by atoms with Gasteiger partial charge < -0.3 is 0 Å². The summed E-state index contributed by atoms with van der Waals surface area (Å²) in [6.07, 6.45) is -1.65. The zero-order valence-electron chi connectivity index (χ0n) is 12.2. The van der Waals surface area contributed by atoms with E-state index in [1.165, 1.54) is 0 Å². The van der Waals surface area contributed by atoms with Crippen LogP contribution in [0.3, 0.4) is 0 Å². The maximum absolute atomic E-state index is 13.0. The summed E-state index contributed by atoms with van der Waals surface area (Å²) in [4.78, 5) is 0. The summed E-state index contributed by atoms with van der Waals surface area (Å²) >= 11 is 0. The largest absolute Gasteiger partial charge is 0.390 e. The van der Waals surface area contributed by atoms with E-state index in [0.29, 0.717) is 11.1 Å². The van der Waals surface area contributed by atoms with Crippen molar-refractivity contribution in [1.82, 2.24) is 9.78 Å². The average Bonchev–Trinajstić information content (AvgIpc) is 3.07. The average molecular weight is 316 g/mol. The van der Waals surface area contributed by atoms with Gasteiger partial charge in [-0.15, -0.1) is 0 Å². The first-order valence-corrected chi connectivity index (χ1v) is 7.24. The van der Waals surface area contributed by atoms with Crippen LogP contribution in [0.15, 0.2) is 73.1 Å². The van der Waals surface area contributed by atoms with Crippen molar-refractivity contribution in [3.63, 3.8) is 0 Å². The number of halogens is 3. The van der Waals surface area contributed by atoms with Gasteiger partial charge in [0.1, 0.15) is 0 Å². The Hall–Kier alpha value is -2.56. The molecule has 0 spiro atoms. The fourth-order valence-electron chi connectivity index (χ4n) is 2.63. The Kier molecular flexibility index (Phi) is 4.19. The third kappa shape index (κ3) is 3.80. The maximum Gasteiger partial charge on any atom is 0.390 e. The molecule has 1 aromatic heterocycles. The molecule has 0 fully saturated rings. The molecule has 0 radical (unpaired) electrons. The highest BCUT2D eigenvalue weighted by Gasteiger charge is 2.33. The van der Waals surface area contributed by atoms with Crippen molar-refractivity contribution in [2.45, 2.75) is 18.5 Å². The standard InChI is InChI=1S/C18H15F3N2/c19-18(20,21)13-17(14-5-2-1-3-6-14)15-7-9-16(10-8-15)23-12-4-11-22-23/h1-12,17H,13H2. The topological polar surface area (TPSA) is 17.8 Å². The number of rotatable bonds is 4. The van der Waals surface area contributed by atoms with E-state index in [9.17, 15) is 13.2 Å². The van der Waals surface area contributed by atoms with Gasteiger partial charge in [-0.25, -0.2) is 4.68 Å². The number of hydrogen-bond acceptors (Lipinski definition) is 1. The zero-order chi connectivity index (χ0) is 16.3.